The molecule has 1 aromatic rings. The van der Waals surface area contributed by atoms with Gasteiger partial charge in [0.05, 0.1) is 25.9 Å². The molecule has 23 heavy (non-hydrogen) atoms. The highest BCUT2D eigenvalue weighted by molar-refractivity contribution is 5.43. The number of hydrogen-bond acceptors (Lipinski definition) is 4. The fourth-order valence-corrected chi connectivity index (χ4v) is 3.06. The Bertz CT molecular complexity index is 493. The smallest absolute Gasteiger partial charge is 0.161 e. The van der Waals surface area contributed by atoms with E-state index in [9.17, 15) is 0 Å². The molecule has 4 nitrogen and oxygen atoms in total. The number of morpholine rings is 1. The summed E-state index contributed by atoms with van der Waals surface area (Å²) in [6, 6.07) is 6.06. The number of nitrogens with zero attached hydrogens (tertiary/aromatic N) is 1. The van der Waals surface area contributed by atoms with E-state index in [0.717, 1.165) is 44.0 Å². The van der Waals surface area contributed by atoms with Gasteiger partial charge < -0.3 is 14.2 Å². The van der Waals surface area contributed by atoms with Gasteiger partial charge in [-0.2, -0.15) is 0 Å². The van der Waals surface area contributed by atoms with Gasteiger partial charge in [0.25, 0.3) is 0 Å². The number of rotatable bonds is 8. The van der Waals surface area contributed by atoms with Crippen LogP contribution in [-0.4, -0.2) is 50.5 Å². The third-order valence-corrected chi connectivity index (χ3v) is 3.98. The average Bonchev–Trinajstić information content (AvgIpc) is 2.52. The molecule has 1 aliphatic heterocycles. The van der Waals surface area contributed by atoms with Crippen LogP contribution in [0, 0.1) is 0 Å². The second-order valence-corrected chi connectivity index (χ2v) is 6.20. The van der Waals surface area contributed by atoms with Crippen molar-refractivity contribution in [2.45, 2.75) is 38.9 Å². The van der Waals surface area contributed by atoms with Gasteiger partial charge in [-0.25, -0.2) is 0 Å². The van der Waals surface area contributed by atoms with Crippen LogP contribution in [0.15, 0.2) is 30.9 Å². The van der Waals surface area contributed by atoms with Crippen LogP contribution in [0.3, 0.4) is 0 Å². The van der Waals surface area contributed by atoms with Crippen molar-refractivity contribution in [3.05, 3.63) is 36.4 Å². The van der Waals surface area contributed by atoms with E-state index in [0.29, 0.717) is 18.8 Å². The summed E-state index contributed by atoms with van der Waals surface area (Å²) in [7, 11) is 1.68. The Hall–Kier alpha value is -1.52. The second kappa shape index (κ2) is 8.94. The molecule has 0 aromatic heterocycles. The first kappa shape index (κ1) is 17.8. The van der Waals surface area contributed by atoms with Crippen LogP contribution in [0.4, 0.5) is 0 Å². The summed E-state index contributed by atoms with van der Waals surface area (Å²) >= 11 is 0. The van der Waals surface area contributed by atoms with E-state index in [-0.39, 0.29) is 0 Å². The summed E-state index contributed by atoms with van der Waals surface area (Å²) < 4.78 is 17.1. The molecule has 1 saturated heterocycles. The Labute approximate surface area is 140 Å². The SMILES string of the molecule is C=CCc1ccc(OCCCN2CC(C)OC(C)C2)c(OC)c1. The predicted molar refractivity (Wildman–Crippen MR) is 93.5 cm³/mol. The standard InChI is InChI=1S/C19H29NO3/c1-5-7-17-8-9-18(19(12-17)21-4)22-11-6-10-20-13-15(2)23-16(3)14-20/h5,8-9,12,15-16H,1,6-7,10-11,13-14H2,2-4H3. The summed E-state index contributed by atoms with van der Waals surface area (Å²) in [6.45, 7) is 11.8. The van der Waals surface area contributed by atoms with Crippen LogP contribution in [-0.2, 0) is 11.2 Å². The quantitative estimate of drug-likeness (QED) is 0.543. The highest BCUT2D eigenvalue weighted by atomic mass is 16.5. The summed E-state index contributed by atoms with van der Waals surface area (Å²) in [5, 5.41) is 0. The third kappa shape index (κ3) is 5.56. The molecule has 0 saturated carbocycles. The predicted octanol–water partition coefficient (Wildman–Crippen LogP) is 3.30. The molecule has 2 unspecified atom stereocenters. The summed E-state index contributed by atoms with van der Waals surface area (Å²) in [5.74, 6) is 1.60. The van der Waals surface area contributed by atoms with Gasteiger partial charge in [0.1, 0.15) is 0 Å². The fourth-order valence-electron chi connectivity index (χ4n) is 3.06. The van der Waals surface area contributed by atoms with E-state index in [2.05, 4.69) is 31.4 Å². The minimum absolute atomic E-state index is 0.317. The Morgan fingerprint density at radius 1 is 1.26 bits per heavy atom. The summed E-state index contributed by atoms with van der Waals surface area (Å²) in [6.07, 6.45) is 4.36. The Balaban J connectivity index is 1.78. The van der Waals surface area contributed by atoms with Crippen molar-refractivity contribution < 1.29 is 14.2 Å². The Morgan fingerprint density at radius 2 is 2.00 bits per heavy atom. The lowest BCUT2D eigenvalue weighted by Crippen LogP contribution is -2.45. The first-order valence-corrected chi connectivity index (χ1v) is 8.40. The normalized spacial score (nSPS) is 21.9. The zero-order chi connectivity index (χ0) is 16.7. The summed E-state index contributed by atoms with van der Waals surface area (Å²) in [5.41, 5.74) is 1.18. The molecule has 1 aliphatic rings. The second-order valence-electron chi connectivity index (χ2n) is 6.20. The topological polar surface area (TPSA) is 30.9 Å². The largest absolute Gasteiger partial charge is 0.493 e. The monoisotopic (exact) mass is 319 g/mol. The maximum Gasteiger partial charge on any atom is 0.161 e. The van der Waals surface area contributed by atoms with Crippen molar-refractivity contribution in [2.75, 3.05) is 33.4 Å². The molecule has 0 radical (unpaired) electrons. The van der Waals surface area contributed by atoms with Gasteiger partial charge >= 0.3 is 0 Å². The van der Waals surface area contributed by atoms with Gasteiger partial charge in [0.2, 0.25) is 0 Å². The first-order chi connectivity index (χ1) is 11.1. The first-order valence-electron chi connectivity index (χ1n) is 8.40. The minimum atomic E-state index is 0.317. The van der Waals surface area contributed by atoms with Gasteiger partial charge in [0.15, 0.2) is 11.5 Å². The maximum absolute atomic E-state index is 5.90. The minimum Gasteiger partial charge on any atom is -0.493 e. The molecule has 4 heteroatoms. The van der Waals surface area contributed by atoms with Crippen LogP contribution in [0.5, 0.6) is 11.5 Å². The number of ether oxygens (including phenoxy) is 3. The van der Waals surface area contributed by atoms with E-state index < -0.39 is 0 Å². The molecule has 0 N–H and O–H groups in total. The molecule has 2 atom stereocenters. The van der Waals surface area contributed by atoms with Crippen molar-refractivity contribution in [3.63, 3.8) is 0 Å². The van der Waals surface area contributed by atoms with Gasteiger partial charge in [-0.3, -0.25) is 4.90 Å². The number of allylic oxidation sites excluding steroid dienone is 1. The molecule has 0 amide bonds. The van der Waals surface area contributed by atoms with Crippen molar-refractivity contribution >= 4 is 0 Å². The van der Waals surface area contributed by atoms with E-state index in [1.165, 1.54) is 5.56 Å². The van der Waals surface area contributed by atoms with Crippen LogP contribution >= 0.6 is 0 Å². The van der Waals surface area contributed by atoms with Crippen molar-refractivity contribution in [3.8, 4) is 11.5 Å². The van der Waals surface area contributed by atoms with E-state index in [4.69, 9.17) is 14.2 Å². The molecule has 0 bridgehead atoms. The summed E-state index contributed by atoms with van der Waals surface area (Å²) in [4.78, 5) is 2.45. The molecule has 128 valence electrons. The fraction of sp³-hybridized carbons (Fsp3) is 0.579. The molecule has 1 aromatic carbocycles. The lowest BCUT2D eigenvalue weighted by Gasteiger charge is -2.35. The van der Waals surface area contributed by atoms with Crippen LogP contribution in [0.1, 0.15) is 25.8 Å². The molecule has 1 fully saturated rings. The molecule has 1 heterocycles. The van der Waals surface area contributed by atoms with Crippen LogP contribution in [0.2, 0.25) is 0 Å². The third-order valence-electron chi connectivity index (χ3n) is 3.98. The number of methoxy groups -OCH3 is 1. The zero-order valence-corrected chi connectivity index (χ0v) is 14.6. The van der Waals surface area contributed by atoms with Gasteiger partial charge in [-0.05, 0) is 44.4 Å². The number of hydrogen-bond donors (Lipinski definition) is 0. The lowest BCUT2D eigenvalue weighted by atomic mass is 10.1. The molecule has 0 spiro atoms. The van der Waals surface area contributed by atoms with E-state index >= 15 is 0 Å². The Morgan fingerprint density at radius 3 is 2.65 bits per heavy atom. The maximum atomic E-state index is 5.90. The Kier molecular flexibility index (Phi) is 6.93. The molecular weight excluding hydrogens is 290 g/mol. The molecule has 0 aliphatic carbocycles. The van der Waals surface area contributed by atoms with E-state index in [1.807, 2.05) is 18.2 Å². The molecular formula is C19H29NO3. The van der Waals surface area contributed by atoms with Crippen molar-refractivity contribution in [1.29, 1.82) is 0 Å². The van der Waals surface area contributed by atoms with Gasteiger partial charge in [-0.1, -0.05) is 12.1 Å². The average molecular weight is 319 g/mol. The van der Waals surface area contributed by atoms with Crippen molar-refractivity contribution in [1.82, 2.24) is 4.90 Å². The lowest BCUT2D eigenvalue weighted by molar-refractivity contribution is -0.0686. The number of benzene rings is 1. The zero-order valence-electron chi connectivity index (χ0n) is 14.6. The molecule has 2 rings (SSSR count). The highest BCUT2D eigenvalue weighted by Crippen LogP contribution is 2.28. The highest BCUT2D eigenvalue weighted by Gasteiger charge is 2.21. The van der Waals surface area contributed by atoms with Crippen LogP contribution in [0.25, 0.3) is 0 Å². The van der Waals surface area contributed by atoms with Crippen molar-refractivity contribution in [2.24, 2.45) is 0 Å². The van der Waals surface area contributed by atoms with E-state index in [1.54, 1.807) is 7.11 Å². The van der Waals surface area contributed by atoms with Gasteiger partial charge in [0, 0.05) is 19.6 Å². The van der Waals surface area contributed by atoms with Crippen LogP contribution < -0.4 is 9.47 Å². The van der Waals surface area contributed by atoms with Gasteiger partial charge in [-0.15, -0.1) is 6.58 Å².